The van der Waals surface area contributed by atoms with Crippen molar-refractivity contribution in [3.05, 3.63) is 28.7 Å². The highest BCUT2D eigenvalue weighted by atomic mass is 79.9. The zero-order chi connectivity index (χ0) is 12.2. The number of aliphatic hydroxyl groups is 1. The lowest BCUT2D eigenvalue weighted by atomic mass is 9.82. The summed E-state index contributed by atoms with van der Waals surface area (Å²) in [5.41, 5.74) is 0.0596. The van der Waals surface area contributed by atoms with E-state index in [1.54, 1.807) is 0 Å². The fraction of sp³-hybridized carbons (Fsp3) is 0.538. The molecule has 0 aliphatic carbocycles. The number of aliphatic hydroxyl groups excluding tert-OH is 1. The minimum atomic E-state index is 0.0596. The van der Waals surface area contributed by atoms with Crippen LogP contribution in [-0.2, 0) is 0 Å². The van der Waals surface area contributed by atoms with E-state index in [1.165, 1.54) is 0 Å². The fourth-order valence-electron chi connectivity index (χ4n) is 1.30. The molecule has 1 rings (SSSR count). The van der Waals surface area contributed by atoms with Gasteiger partial charge in [0.15, 0.2) is 0 Å². The summed E-state index contributed by atoms with van der Waals surface area (Å²) >= 11 is 3.38. The Kier molecular flexibility index (Phi) is 4.81. The van der Waals surface area contributed by atoms with Crippen molar-refractivity contribution in [3.63, 3.8) is 0 Å². The maximum absolute atomic E-state index is 9.30. The van der Waals surface area contributed by atoms with Gasteiger partial charge in [-0.3, -0.25) is 0 Å². The van der Waals surface area contributed by atoms with Crippen molar-refractivity contribution in [1.82, 2.24) is 0 Å². The van der Waals surface area contributed by atoms with Gasteiger partial charge in [-0.15, -0.1) is 0 Å². The maximum atomic E-state index is 9.30. The van der Waals surface area contributed by atoms with Gasteiger partial charge in [-0.05, 0) is 29.7 Å². The van der Waals surface area contributed by atoms with Crippen molar-refractivity contribution < 1.29 is 9.84 Å². The Morgan fingerprint density at radius 2 is 1.81 bits per heavy atom. The van der Waals surface area contributed by atoms with Crippen LogP contribution in [0.1, 0.15) is 20.8 Å². The van der Waals surface area contributed by atoms with Gasteiger partial charge in [0.05, 0.1) is 6.61 Å². The lowest BCUT2D eigenvalue weighted by molar-refractivity contribution is 0.0818. The number of benzene rings is 1. The van der Waals surface area contributed by atoms with Crippen molar-refractivity contribution in [2.24, 2.45) is 11.3 Å². The molecule has 0 fully saturated rings. The second-order valence-electron chi connectivity index (χ2n) is 5.01. The van der Waals surface area contributed by atoms with Crippen LogP contribution in [-0.4, -0.2) is 18.3 Å². The van der Waals surface area contributed by atoms with E-state index in [0.717, 1.165) is 10.2 Å². The Balaban J connectivity index is 2.53. The van der Waals surface area contributed by atoms with Gasteiger partial charge in [-0.1, -0.05) is 36.7 Å². The zero-order valence-corrected chi connectivity index (χ0v) is 11.6. The van der Waals surface area contributed by atoms with E-state index in [2.05, 4.69) is 36.7 Å². The number of ether oxygens (including phenoxy) is 1. The molecule has 0 saturated carbocycles. The second kappa shape index (κ2) is 5.69. The number of halogens is 1. The molecule has 0 aromatic heterocycles. The Bertz CT molecular complexity index is 314. The molecule has 1 N–H and O–H groups in total. The third kappa shape index (κ3) is 4.14. The molecule has 1 atom stereocenters. The minimum Gasteiger partial charge on any atom is -0.493 e. The molecule has 16 heavy (non-hydrogen) atoms. The largest absolute Gasteiger partial charge is 0.493 e. The fourth-order valence-corrected chi connectivity index (χ4v) is 1.57. The van der Waals surface area contributed by atoms with Crippen LogP contribution in [0.3, 0.4) is 0 Å². The summed E-state index contributed by atoms with van der Waals surface area (Å²) in [7, 11) is 0. The van der Waals surface area contributed by atoms with Gasteiger partial charge in [0.25, 0.3) is 0 Å². The van der Waals surface area contributed by atoms with Gasteiger partial charge in [-0.2, -0.15) is 0 Å². The Labute approximate surface area is 106 Å². The van der Waals surface area contributed by atoms with Gasteiger partial charge < -0.3 is 9.84 Å². The summed E-state index contributed by atoms with van der Waals surface area (Å²) in [5, 5.41) is 9.30. The summed E-state index contributed by atoms with van der Waals surface area (Å²) in [6.07, 6.45) is 0. The topological polar surface area (TPSA) is 29.5 Å². The van der Waals surface area contributed by atoms with E-state index in [0.29, 0.717) is 6.61 Å². The first-order valence-corrected chi connectivity index (χ1v) is 6.22. The molecule has 0 radical (unpaired) electrons. The van der Waals surface area contributed by atoms with Crippen LogP contribution in [0.15, 0.2) is 28.7 Å². The Hall–Kier alpha value is -0.540. The first-order chi connectivity index (χ1) is 7.43. The third-order valence-electron chi connectivity index (χ3n) is 2.71. The Morgan fingerprint density at radius 1 is 1.25 bits per heavy atom. The lowest BCUT2D eigenvalue weighted by Crippen LogP contribution is -2.29. The van der Waals surface area contributed by atoms with Crippen molar-refractivity contribution in [2.45, 2.75) is 20.8 Å². The summed E-state index contributed by atoms with van der Waals surface area (Å²) in [4.78, 5) is 0. The molecule has 3 heteroatoms. The highest BCUT2D eigenvalue weighted by molar-refractivity contribution is 9.10. The van der Waals surface area contributed by atoms with Gasteiger partial charge in [0, 0.05) is 17.0 Å². The van der Waals surface area contributed by atoms with Crippen molar-refractivity contribution in [1.29, 1.82) is 0 Å². The number of hydrogen-bond acceptors (Lipinski definition) is 2. The molecule has 1 unspecified atom stereocenters. The van der Waals surface area contributed by atoms with E-state index < -0.39 is 0 Å². The van der Waals surface area contributed by atoms with Crippen LogP contribution in [0.25, 0.3) is 0 Å². The van der Waals surface area contributed by atoms with E-state index >= 15 is 0 Å². The lowest BCUT2D eigenvalue weighted by Gasteiger charge is -2.28. The molecule has 1 aromatic carbocycles. The van der Waals surface area contributed by atoms with Crippen molar-refractivity contribution in [3.8, 4) is 5.75 Å². The van der Waals surface area contributed by atoms with Crippen LogP contribution in [0, 0.1) is 11.3 Å². The molecule has 0 heterocycles. The first kappa shape index (κ1) is 13.5. The van der Waals surface area contributed by atoms with Crippen LogP contribution >= 0.6 is 15.9 Å². The quantitative estimate of drug-likeness (QED) is 0.918. The van der Waals surface area contributed by atoms with Crippen LogP contribution in [0.2, 0.25) is 0 Å². The van der Waals surface area contributed by atoms with Crippen LogP contribution < -0.4 is 4.74 Å². The van der Waals surface area contributed by atoms with Gasteiger partial charge in [-0.25, -0.2) is 0 Å². The molecule has 0 aliphatic heterocycles. The van der Waals surface area contributed by atoms with Crippen LogP contribution in [0.4, 0.5) is 0 Å². The third-order valence-corrected chi connectivity index (χ3v) is 3.24. The van der Waals surface area contributed by atoms with Crippen molar-refractivity contribution >= 4 is 15.9 Å². The van der Waals surface area contributed by atoms with Gasteiger partial charge >= 0.3 is 0 Å². The zero-order valence-electron chi connectivity index (χ0n) is 10.0. The molecular weight excluding hydrogens is 268 g/mol. The van der Waals surface area contributed by atoms with Gasteiger partial charge in [0.2, 0.25) is 0 Å². The predicted octanol–water partition coefficient (Wildman–Crippen LogP) is 3.48. The van der Waals surface area contributed by atoms with Crippen LogP contribution in [0.5, 0.6) is 5.75 Å². The highest BCUT2D eigenvalue weighted by Crippen LogP contribution is 2.26. The second-order valence-corrected chi connectivity index (χ2v) is 5.93. The first-order valence-electron chi connectivity index (χ1n) is 5.42. The normalized spacial score (nSPS) is 13.6. The van der Waals surface area contributed by atoms with Crippen molar-refractivity contribution in [2.75, 3.05) is 13.2 Å². The monoisotopic (exact) mass is 286 g/mol. The predicted molar refractivity (Wildman–Crippen MR) is 69.7 cm³/mol. The molecule has 0 spiro atoms. The summed E-state index contributed by atoms with van der Waals surface area (Å²) in [6.45, 7) is 7.03. The molecule has 0 bridgehead atoms. The molecule has 2 nitrogen and oxygen atoms in total. The van der Waals surface area contributed by atoms with E-state index in [1.807, 2.05) is 24.3 Å². The molecule has 1 aromatic rings. The average Bonchev–Trinajstić information content (AvgIpc) is 2.19. The molecule has 0 aliphatic rings. The minimum absolute atomic E-state index is 0.0596. The number of hydrogen-bond donors (Lipinski definition) is 1. The van der Waals surface area contributed by atoms with Gasteiger partial charge in [0.1, 0.15) is 5.75 Å². The summed E-state index contributed by atoms with van der Waals surface area (Å²) < 4.78 is 6.70. The molecule has 90 valence electrons. The van der Waals surface area contributed by atoms with E-state index in [-0.39, 0.29) is 17.9 Å². The maximum Gasteiger partial charge on any atom is 0.119 e. The number of rotatable bonds is 4. The summed E-state index contributed by atoms with van der Waals surface area (Å²) in [6, 6.07) is 7.73. The summed E-state index contributed by atoms with van der Waals surface area (Å²) in [5.74, 6) is 0.988. The standard InChI is InChI=1S/C13H19BrO2/c1-13(2,3)10(8-15)9-16-12-6-4-11(14)5-7-12/h4-7,10,15H,8-9H2,1-3H3. The molecule has 0 amide bonds. The highest BCUT2D eigenvalue weighted by Gasteiger charge is 2.24. The van der Waals surface area contributed by atoms with E-state index in [9.17, 15) is 5.11 Å². The molecule has 0 saturated heterocycles. The smallest absolute Gasteiger partial charge is 0.119 e. The Morgan fingerprint density at radius 3 is 2.25 bits per heavy atom. The molecular formula is C13H19BrO2. The SMILES string of the molecule is CC(C)(C)C(CO)COc1ccc(Br)cc1. The average molecular weight is 287 g/mol. The van der Waals surface area contributed by atoms with E-state index in [4.69, 9.17) is 4.74 Å².